The molecule has 0 aliphatic carbocycles. The van der Waals surface area contributed by atoms with Gasteiger partial charge in [-0.2, -0.15) is 5.10 Å². The zero-order valence-electron chi connectivity index (χ0n) is 13.0. The van der Waals surface area contributed by atoms with Crippen molar-refractivity contribution >= 4 is 34.3 Å². The maximum atomic E-state index is 12.2. The zero-order chi connectivity index (χ0) is 16.7. The van der Waals surface area contributed by atoms with Crippen LogP contribution in [0.25, 0.3) is 10.9 Å². The van der Waals surface area contributed by atoms with Gasteiger partial charge in [-0.1, -0.05) is 11.6 Å². The molecule has 0 atom stereocenters. The minimum atomic E-state index is -0.230. The third kappa shape index (κ3) is 5.04. The molecule has 23 heavy (non-hydrogen) atoms. The van der Waals surface area contributed by atoms with Gasteiger partial charge in [-0.3, -0.25) is 9.59 Å². The summed E-state index contributed by atoms with van der Waals surface area (Å²) in [6.07, 6.45) is 2.60. The van der Waals surface area contributed by atoms with Crippen LogP contribution in [-0.2, 0) is 9.53 Å². The molecule has 124 valence electrons. The van der Waals surface area contributed by atoms with E-state index in [0.717, 1.165) is 11.8 Å². The number of fused-ring (bicyclic) bond motifs is 1. The third-order valence-electron chi connectivity index (χ3n) is 3.33. The van der Waals surface area contributed by atoms with Crippen LogP contribution in [0.2, 0.25) is 5.02 Å². The first-order valence-electron chi connectivity index (χ1n) is 7.62. The summed E-state index contributed by atoms with van der Waals surface area (Å²) in [7, 11) is 0. The summed E-state index contributed by atoms with van der Waals surface area (Å²) >= 11 is 5.95. The first kappa shape index (κ1) is 17.4. The van der Waals surface area contributed by atoms with Crippen LogP contribution >= 0.6 is 11.6 Å². The Morgan fingerprint density at radius 3 is 2.96 bits per heavy atom. The average Bonchev–Trinajstić information content (AvgIpc) is 2.95. The number of rotatable bonds is 8. The SMILES string of the molecule is CCOCCCNC(=O)CCC(=O)n1ncc2ccc(Cl)cc21. The van der Waals surface area contributed by atoms with Gasteiger partial charge in [0.25, 0.3) is 0 Å². The first-order chi connectivity index (χ1) is 11.1. The van der Waals surface area contributed by atoms with Gasteiger partial charge in [0, 0.05) is 43.0 Å². The summed E-state index contributed by atoms with van der Waals surface area (Å²) in [6, 6.07) is 5.24. The predicted molar refractivity (Wildman–Crippen MR) is 88.7 cm³/mol. The molecular weight excluding hydrogens is 318 g/mol. The number of nitrogens with one attached hydrogen (secondary N) is 1. The third-order valence-corrected chi connectivity index (χ3v) is 3.56. The fourth-order valence-corrected chi connectivity index (χ4v) is 2.32. The molecule has 0 bridgehead atoms. The Labute approximate surface area is 139 Å². The number of carbonyl (C=O) groups is 2. The van der Waals surface area contributed by atoms with Gasteiger partial charge < -0.3 is 10.1 Å². The highest BCUT2D eigenvalue weighted by Crippen LogP contribution is 2.19. The Hall–Kier alpha value is -1.92. The molecule has 0 saturated carbocycles. The van der Waals surface area contributed by atoms with Crippen LogP contribution < -0.4 is 5.32 Å². The second-order valence-electron chi connectivity index (χ2n) is 5.05. The van der Waals surface area contributed by atoms with E-state index in [9.17, 15) is 9.59 Å². The van der Waals surface area contributed by atoms with Gasteiger partial charge >= 0.3 is 0 Å². The molecule has 7 heteroatoms. The minimum Gasteiger partial charge on any atom is -0.382 e. The van der Waals surface area contributed by atoms with E-state index < -0.39 is 0 Å². The van der Waals surface area contributed by atoms with Gasteiger partial charge in [-0.25, -0.2) is 4.68 Å². The fraction of sp³-hybridized carbons (Fsp3) is 0.438. The average molecular weight is 338 g/mol. The van der Waals surface area contributed by atoms with Crippen molar-refractivity contribution in [3.8, 4) is 0 Å². The van der Waals surface area contributed by atoms with E-state index in [0.29, 0.717) is 30.3 Å². The second-order valence-corrected chi connectivity index (χ2v) is 5.49. The number of halogens is 1. The lowest BCUT2D eigenvalue weighted by molar-refractivity contribution is -0.121. The number of ether oxygens (including phenoxy) is 1. The highest BCUT2D eigenvalue weighted by Gasteiger charge is 2.12. The lowest BCUT2D eigenvalue weighted by Crippen LogP contribution is -2.26. The van der Waals surface area contributed by atoms with Gasteiger partial charge in [0.15, 0.2) is 0 Å². The van der Waals surface area contributed by atoms with E-state index in [-0.39, 0.29) is 24.7 Å². The van der Waals surface area contributed by atoms with Crippen LogP contribution in [0.15, 0.2) is 24.4 Å². The summed E-state index contributed by atoms with van der Waals surface area (Å²) < 4.78 is 6.48. The molecule has 2 aromatic rings. The number of aromatic nitrogens is 2. The number of carbonyl (C=O) groups excluding carboxylic acids is 2. The highest BCUT2D eigenvalue weighted by atomic mass is 35.5. The molecule has 1 heterocycles. The molecule has 0 unspecified atom stereocenters. The lowest BCUT2D eigenvalue weighted by Gasteiger charge is -2.06. The van der Waals surface area contributed by atoms with Crippen molar-refractivity contribution in [2.45, 2.75) is 26.2 Å². The Kier molecular flexibility index (Phi) is 6.55. The zero-order valence-corrected chi connectivity index (χ0v) is 13.8. The summed E-state index contributed by atoms with van der Waals surface area (Å²) in [5, 5.41) is 8.21. The number of amides is 1. The Balaban J connectivity index is 1.82. The van der Waals surface area contributed by atoms with E-state index in [1.807, 2.05) is 6.92 Å². The van der Waals surface area contributed by atoms with Gasteiger partial charge in [0.2, 0.25) is 11.8 Å². The molecule has 0 spiro atoms. The minimum absolute atomic E-state index is 0.0978. The first-order valence-corrected chi connectivity index (χ1v) is 8.00. The molecule has 2 rings (SSSR count). The van der Waals surface area contributed by atoms with Crippen molar-refractivity contribution in [1.29, 1.82) is 0 Å². The molecule has 0 saturated heterocycles. The Bertz CT molecular complexity index is 684. The van der Waals surface area contributed by atoms with Crippen LogP contribution in [0.4, 0.5) is 0 Å². The standard InChI is InChI=1S/C16H20ClN3O3/c1-2-23-9-3-8-18-15(21)6-7-16(22)20-14-10-13(17)5-4-12(14)11-19-20/h4-5,10-11H,2-3,6-9H2,1H3,(H,18,21). The van der Waals surface area contributed by atoms with Gasteiger partial charge in [0.1, 0.15) is 0 Å². The number of hydrogen-bond acceptors (Lipinski definition) is 4. The van der Waals surface area contributed by atoms with E-state index >= 15 is 0 Å². The molecular formula is C16H20ClN3O3. The number of benzene rings is 1. The van der Waals surface area contributed by atoms with Crippen molar-refractivity contribution in [2.75, 3.05) is 19.8 Å². The van der Waals surface area contributed by atoms with Crippen LogP contribution in [0, 0.1) is 0 Å². The van der Waals surface area contributed by atoms with E-state index in [1.54, 1.807) is 24.4 Å². The van der Waals surface area contributed by atoms with Crippen LogP contribution in [0.1, 0.15) is 31.0 Å². The fourth-order valence-electron chi connectivity index (χ4n) is 2.15. The molecule has 6 nitrogen and oxygen atoms in total. The number of nitrogens with zero attached hydrogens (tertiary/aromatic N) is 2. The quantitative estimate of drug-likeness (QED) is 0.751. The molecule has 1 aromatic carbocycles. The molecule has 0 fully saturated rings. The Morgan fingerprint density at radius 2 is 2.17 bits per heavy atom. The van der Waals surface area contributed by atoms with Crippen LogP contribution in [-0.4, -0.2) is 41.4 Å². The van der Waals surface area contributed by atoms with Crippen molar-refractivity contribution in [2.24, 2.45) is 0 Å². The van der Waals surface area contributed by atoms with E-state index in [2.05, 4.69) is 10.4 Å². The van der Waals surface area contributed by atoms with Crippen LogP contribution in [0.5, 0.6) is 0 Å². The molecule has 1 aromatic heterocycles. The number of hydrogen-bond donors (Lipinski definition) is 1. The molecule has 0 aliphatic rings. The largest absolute Gasteiger partial charge is 0.382 e. The topological polar surface area (TPSA) is 73.2 Å². The van der Waals surface area contributed by atoms with Gasteiger partial charge in [-0.15, -0.1) is 0 Å². The highest BCUT2D eigenvalue weighted by molar-refractivity contribution is 6.31. The van der Waals surface area contributed by atoms with E-state index in [4.69, 9.17) is 16.3 Å². The van der Waals surface area contributed by atoms with Crippen molar-refractivity contribution in [3.63, 3.8) is 0 Å². The normalized spacial score (nSPS) is 10.9. The summed E-state index contributed by atoms with van der Waals surface area (Å²) in [6.45, 7) is 3.77. The second kappa shape index (κ2) is 8.64. The maximum Gasteiger partial charge on any atom is 0.247 e. The smallest absolute Gasteiger partial charge is 0.247 e. The van der Waals surface area contributed by atoms with Gasteiger partial charge in [0.05, 0.1) is 11.7 Å². The monoisotopic (exact) mass is 337 g/mol. The molecule has 0 radical (unpaired) electrons. The predicted octanol–water partition coefficient (Wildman–Crippen LogP) is 2.65. The van der Waals surface area contributed by atoms with Crippen molar-refractivity contribution in [1.82, 2.24) is 15.1 Å². The molecule has 1 amide bonds. The molecule has 0 aliphatic heterocycles. The Morgan fingerprint density at radius 1 is 1.35 bits per heavy atom. The van der Waals surface area contributed by atoms with E-state index in [1.165, 1.54) is 4.68 Å². The maximum absolute atomic E-state index is 12.2. The summed E-state index contributed by atoms with van der Waals surface area (Å²) in [5.74, 6) is -0.379. The summed E-state index contributed by atoms with van der Waals surface area (Å²) in [5.41, 5.74) is 0.652. The lowest BCUT2D eigenvalue weighted by atomic mass is 10.2. The van der Waals surface area contributed by atoms with Crippen LogP contribution in [0.3, 0.4) is 0 Å². The van der Waals surface area contributed by atoms with Crippen molar-refractivity contribution in [3.05, 3.63) is 29.4 Å². The van der Waals surface area contributed by atoms with Gasteiger partial charge in [-0.05, 0) is 31.5 Å². The van der Waals surface area contributed by atoms with Crippen molar-refractivity contribution < 1.29 is 14.3 Å². The molecule has 1 N–H and O–H groups in total. The summed E-state index contributed by atoms with van der Waals surface area (Å²) in [4.78, 5) is 23.9.